The summed E-state index contributed by atoms with van der Waals surface area (Å²) < 4.78 is 60.4. The van der Waals surface area contributed by atoms with Crippen molar-refractivity contribution in [3.63, 3.8) is 0 Å². The van der Waals surface area contributed by atoms with Gasteiger partial charge in [-0.3, -0.25) is 0 Å². The van der Waals surface area contributed by atoms with Gasteiger partial charge in [0.25, 0.3) is 0 Å². The van der Waals surface area contributed by atoms with E-state index in [0.717, 1.165) is 48.6 Å². The molecule has 3 aromatic rings. The first-order valence-electron chi connectivity index (χ1n) is 13.0. The molecule has 0 amide bonds. The number of likely N-dealkylation sites (tertiary alicyclic amines) is 1. The number of aromatic nitrogens is 4. The Bertz CT molecular complexity index is 1470. The fourth-order valence-corrected chi connectivity index (χ4v) is 5.98. The van der Waals surface area contributed by atoms with E-state index in [0.29, 0.717) is 35.7 Å². The summed E-state index contributed by atoms with van der Waals surface area (Å²) in [5, 5.41) is 41.8. The number of halogens is 4. The van der Waals surface area contributed by atoms with Crippen LogP contribution in [0, 0.1) is 18.7 Å². The summed E-state index contributed by atoms with van der Waals surface area (Å²) in [7, 11) is 1.88. The third-order valence-electron chi connectivity index (χ3n) is 7.49. The lowest BCUT2D eigenvalue weighted by atomic mass is 9.93. The van der Waals surface area contributed by atoms with Crippen LogP contribution in [0.15, 0.2) is 34.2 Å². The molecule has 44 heavy (non-hydrogen) atoms. The van der Waals surface area contributed by atoms with Crippen molar-refractivity contribution >= 4 is 23.7 Å². The van der Waals surface area contributed by atoms with Crippen LogP contribution in [0.25, 0.3) is 11.6 Å². The van der Waals surface area contributed by atoms with E-state index in [9.17, 15) is 27.2 Å². The van der Waals surface area contributed by atoms with Gasteiger partial charge in [-0.1, -0.05) is 17.8 Å². The highest BCUT2D eigenvalue weighted by molar-refractivity contribution is 7.99. The second kappa shape index (κ2) is 13.6. The summed E-state index contributed by atoms with van der Waals surface area (Å²) in [6.45, 7) is 4.23. The molecule has 4 atom stereocenters. The summed E-state index contributed by atoms with van der Waals surface area (Å²) in [6, 6.07) is 2.96. The molecule has 242 valence electrons. The standard InChI is InChI=1S/C22H23F4N5OS.C4H6O6.H2O/c1-13-18(32-12-27-13)19-28-29-20(30(19)2)33-7-3-6-31-10-15-9-21(15,11-31)16-5-4-14(8-17(16)23)22(24,25)26;5-1(3(7)8)2(6)4(9)10;/h4-5,8,12,15H,3,6-7,9-11H2,1-2H3;1-2,5-6H,(H,7,8)(H,9,10);1H2/t;1-,2-;/m.1./s1. The van der Waals surface area contributed by atoms with E-state index in [-0.39, 0.29) is 10.9 Å². The van der Waals surface area contributed by atoms with Crippen LogP contribution < -0.4 is 0 Å². The maximum absolute atomic E-state index is 14.5. The highest BCUT2D eigenvalue weighted by atomic mass is 32.2. The Kier molecular flexibility index (Phi) is 10.8. The number of benzene rings is 1. The van der Waals surface area contributed by atoms with Crippen LogP contribution >= 0.6 is 11.8 Å². The van der Waals surface area contributed by atoms with Crippen molar-refractivity contribution < 1.29 is 57.5 Å². The van der Waals surface area contributed by atoms with E-state index in [1.165, 1.54) is 12.5 Å². The fraction of sp³-hybridized carbons (Fsp3) is 0.500. The molecule has 0 spiro atoms. The van der Waals surface area contributed by atoms with Crippen molar-refractivity contribution in [1.29, 1.82) is 0 Å². The summed E-state index contributed by atoms with van der Waals surface area (Å²) in [6.07, 6.45) is -5.93. The predicted octanol–water partition coefficient (Wildman–Crippen LogP) is 1.74. The lowest BCUT2D eigenvalue weighted by Gasteiger charge is -2.21. The van der Waals surface area contributed by atoms with Crippen molar-refractivity contribution in [3.05, 3.63) is 47.2 Å². The third-order valence-corrected chi connectivity index (χ3v) is 8.59. The Labute approximate surface area is 251 Å². The van der Waals surface area contributed by atoms with Gasteiger partial charge in [0.15, 0.2) is 29.5 Å². The molecule has 18 heteroatoms. The lowest BCUT2D eigenvalue weighted by molar-refractivity contribution is -0.165. The molecule has 1 saturated carbocycles. The molecule has 0 bridgehead atoms. The number of hydrogen-bond donors (Lipinski definition) is 4. The molecule has 1 aliphatic carbocycles. The van der Waals surface area contributed by atoms with Crippen LogP contribution in [-0.2, 0) is 28.2 Å². The first-order chi connectivity index (χ1) is 20.2. The zero-order chi connectivity index (χ0) is 31.7. The minimum Gasteiger partial charge on any atom is -0.479 e. The number of nitrogens with zero attached hydrogens (tertiary/aromatic N) is 5. The van der Waals surface area contributed by atoms with Crippen LogP contribution in [-0.4, -0.2) is 100 Å². The fourth-order valence-electron chi connectivity index (χ4n) is 5.15. The zero-order valence-electron chi connectivity index (χ0n) is 23.5. The van der Waals surface area contributed by atoms with Crippen LogP contribution in [0.2, 0.25) is 0 Å². The van der Waals surface area contributed by atoms with Gasteiger partial charge in [-0.15, -0.1) is 10.2 Å². The normalized spacial score (nSPS) is 20.6. The quantitative estimate of drug-likeness (QED) is 0.141. The molecule has 2 unspecified atom stereocenters. The molecule has 1 saturated heterocycles. The molecule has 13 nitrogen and oxygen atoms in total. The number of alkyl halides is 3. The second-order valence-electron chi connectivity index (χ2n) is 10.4. The number of piperidine rings is 1. The monoisotopic (exact) mass is 649 g/mol. The topological polar surface area (TPSA) is 207 Å². The number of aliphatic hydroxyl groups is 2. The molecular formula is C26H31F4N5O8S. The molecule has 2 aliphatic rings. The molecule has 3 heterocycles. The Morgan fingerprint density at radius 3 is 2.39 bits per heavy atom. The Morgan fingerprint density at radius 2 is 1.84 bits per heavy atom. The van der Waals surface area contributed by atoms with Crippen LogP contribution in [0.4, 0.5) is 17.6 Å². The number of aliphatic carboxylic acids is 2. The summed E-state index contributed by atoms with van der Waals surface area (Å²) >= 11 is 1.60. The molecular weight excluding hydrogens is 618 g/mol. The number of hydrogen-bond acceptors (Lipinski definition) is 10. The highest BCUT2D eigenvalue weighted by Gasteiger charge is 2.61. The van der Waals surface area contributed by atoms with Crippen molar-refractivity contribution in [2.75, 3.05) is 25.4 Å². The van der Waals surface area contributed by atoms with Crippen molar-refractivity contribution in [1.82, 2.24) is 24.6 Å². The second-order valence-corrected chi connectivity index (χ2v) is 11.4. The number of carboxylic acids is 2. The molecule has 0 radical (unpaired) electrons. The number of thioether (sulfide) groups is 1. The van der Waals surface area contributed by atoms with Crippen LogP contribution in [0.5, 0.6) is 0 Å². The van der Waals surface area contributed by atoms with Crippen molar-refractivity contribution in [2.24, 2.45) is 13.0 Å². The molecule has 2 aromatic heterocycles. The first-order valence-corrected chi connectivity index (χ1v) is 14.0. The Morgan fingerprint density at radius 1 is 1.18 bits per heavy atom. The Hall–Kier alpha value is -3.58. The number of aryl methyl sites for hydroxylation is 1. The molecule has 1 aromatic carbocycles. The maximum atomic E-state index is 14.5. The predicted molar refractivity (Wildman–Crippen MR) is 145 cm³/mol. The van der Waals surface area contributed by atoms with E-state index in [1.807, 2.05) is 18.5 Å². The molecule has 1 aliphatic heterocycles. The summed E-state index contributed by atoms with van der Waals surface area (Å²) in [5.74, 6) is -1.90. The van der Waals surface area contributed by atoms with Gasteiger partial charge >= 0.3 is 18.1 Å². The summed E-state index contributed by atoms with van der Waals surface area (Å²) in [5.41, 5.74) is -0.0937. The number of aliphatic hydroxyl groups excluding tert-OH is 2. The third kappa shape index (κ3) is 7.37. The number of carboxylic acid groups (broad SMARTS) is 2. The van der Waals surface area contributed by atoms with Gasteiger partial charge in [0, 0.05) is 31.3 Å². The SMILES string of the molecule is Cc1ncoc1-c1nnc(SCCCN2CC3CC3(c3ccc(C(F)(F)F)cc3F)C2)n1C.O.O=C(O)[C@H](O)[C@@H](O)C(=O)O. The van der Waals surface area contributed by atoms with E-state index in [1.54, 1.807) is 11.8 Å². The van der Waals surface area contributed by atoms with E-state index in [4.69, 9.17) is 24.8 Å². The van der Waals surface area contributed by atoms with Gasteiger partial charge in [-0.25, -0.2) is 19.0 Å². The smallest absolute Gasteiger partial charge is 0.416 e. The summed E-state index contributed by atoms with van der Waals surface area (Å²) in [4.78, 5) is 25.9. The molecule has 2 fully saturated rings. The maximum Gasteiger partial charge on any atom is 0.416 e. The van der Waals surface area contributed by atoms with Crippen LogP contribution in [0.3, 0.4) is 0 Å². The largest absolute Gasteiger partial charge is 0.479 e. The number of carbonyl (C=O) groups is 2. The van der Waals surface area contributed by atoms with Gasteiger partial charge < -0.3 is 39.8 Å². The molecule has 6 N–H and O–H groups in total. The van der Waals surface area contributed by atoms with E-state index >= 15 is 0 Å². The van der Waals surface area contributed by atoms with Gasteiger partial charge in [0.1, 0.15) is 5.82 Å². The van der Waals surface area contributed by atoms with Gasteiger partial charge in [-0.2, -0.15) is 13.2 Å². The molecule has 5 rings (SSSR count). The van der Waals surface area contributed by atoms with E-state index in [2.05, 4.69) is 20.1 Å². The zero-order valence-corrected chi connectivity index (χ0v) is 24.3. The number of rotatable bonds is 10. The minimum absolute atomic E-state index is 0. The van der Waals surface area contributed by atoms with Gasteiger partial charge in [0.2, 0.25) is 5.82 Å². The average molecular weight is 650 g/mol. The van der Waals surface area contributed by atoms with Crippen molar-refractivity contribution in [2.45, 2.75) is 48.7 Å². The van der Waals surface area contributed by atoms with Crippen LogP contribution in [0.1, 0.15) is 29.7 Å². The number of oxazole rings is 1. The first kappa shape index (κ1) is 34.9. The highest BCUT2D eigenvalue weighted by Crippen LogP contribution is 2.59. The number of fused-ring (bicyclic) bond motifs is 1. The van der Waals surface area contributed by atoms with E-state index < -0.39 is 41.7 Å². The van der Waals surface area contributed by atoms with Crippen molar-refractivity contribution in [3.8, 4) is 11.6 Å². The van der Waals surface area contributed by atoms with Gasteiger partial charge in [0.05, 0.1) is 11.3 Å². The van der Waals surface area contributed by atoms with Gasteiger partial charge in [-0.05, 0) is 49.9 Å². The Balaban J connectivity index is 0.000000417. The average Bonchev–Trinajstić information content (AvgIpc) is 3.21. The lowest BCUT2D eigenvalue weighted by Crippen LogP contribution is -2.39. The minimum atomic E-state index is -4.53.